The summed E-state index contributed by atoms with van der Waals surface area (Å²) in [7, 11) is 0. The van der Waals surface area contributed by atoms with Crippen molar-refractivity contribution in [3.05, 3.63) is 0 Å². The topological polar surface area (TPSA) is 32.7 Å². The van der Waals surface area contributed by atoms with Gasteiger partial charge in [0.25, 0.3) is 0 Å². The third kappa shape index (κ3) is 2.96. The molecule has 3 nitrogen and oxygen atoms in total. The normalized spacial score (nSPS) is 10.5. The summed E-state index contributed by atoms with van der Waals surface area (Å²) in [5.74, 6) is 0. The van der Waals surface area contributed by atoms with Crippen LogP contribution in [-0.2, 0) is 4.84 Å². The van der Waals surface area contributed by atoms with Gasteiger partial charge in [0.05, 0.1) is 6.61 Å². The molecule has 0 unspecified atom stereocenters. The van der Waals surface area contributed by atoms with Gasteiger partial charge < -0.3 is 5.11 Å². The van der Waals surface area contributed by atoms with E-state index in [1.807, 2.05) is 13.8 Å². The van der Waals surface area contributed by atoms with Crippen molar-refractivity contribution in [3.8, 4) is 0 Å². The van der Waals surface area contributed by atoms with E-state index in [-0.39, 0.29) is 6.73 Å². The van der Waals surface area contributed by atoms with Crippen LogP contribution in [0.25, 0.3) is 0 Å². The minimum Gasteiger partial charge on any atom is -0.379 e. The zero-order valence-corrected chi connectivity index (χ0v) is 5.42. The Morgan fingerprint density at radius 2 is 2.12 bits per heavy atom. The van der Waals surface area contributed by atoms with Crippen LogP contribution in [-0.4, -0.2) is 30.1 Å². The van der Waals surface area contributed by atoms with Crippen molar-refractivity contribution in [2.24, 2.45) is 0 Å². The summed E-state index contributed by atoms with van der Waals surface area (Å²) in [6, 6.07) is 0. The molecule has 0 aliphatic heterocycles. The van der Waals surface area contributed by atoms with Crippen LogP contribution >= 0.6 is 0 Å². The van der Waals surface area contributed by atoms with Crippen LogP contribution in [0.1, 0.15) is 13.8 Å². The van der Waals surface area contributed by atoms with Gasteiger partial charge in [0.1, 0.15) is 6.73 Å². The lowest BCUT2D eigenvalue weighted by Gasteiger charge is -2.14. The van der Waals surface area contributed by atoms with Gasteiger partial charge in [-0.2, -0.15) is 5.06 Å². The highest BCUT2D eigenvalue weighted by Crippen LogP contribution is 1.84. The largest absolute Gasteiger partial charge is 0.379 e. The predicted octanol–water partition coefficient (Wildman–Crippen LogP) is 0.210. The molecule has 0 rings (SSSR count). The molecule has 0 heterocycles. The molecule has 0 amide bonds. The van der Waals surface area contributed by atoms with Crippen LogP contribution in [0.4, 0.5) is 0 Å². The molecule has 0 aromatic heterocycles. The lowest BCUT2D eigenvalue weighted by atomic mass is 10.7. The van der Waals surface area contributed by atoms with Gasteiger partial charge >= 0.3 is 0 Å². The van der Waals surface area contributed by atoms with Crippen molar-refractivity contribution in [2.75, 3.05) is 19.9 Å². The molecule has 0 saturated heterocycles. The van der Waals surface area contributed by atoms with Crippen LogP contribution < -0.4 is 0 Å². The number of hydrogen-bond donors (Lipinski definition) is 1. The molecule has 0 fully saturated rings. The summed E-state index contributed by atoms with van der Waals surface area (Å²) in [5, 5.41) is 9.94. The van der Waals surface area contributed by atoms with Crippen molar-refractivity contribution in [2.45, 2.75) is 13.8 Å². The quantitative estimate of drug-likeness (QED) is 0.424. The maximum Gasteiger partial charge on any atom is 0.119 e. The van der Waals surface area contributed by atoms with E-state index >= 15 is 0 Å². The van der Waals surface area contributed by atoms with E-state index < -0.39 is 0 Å². The molecule has 0 aromatic rings. The van der Waals surface area contributed by atoms with E-state index in [0.29, 0.717) is 6.61 Å². The second-order valence-electron chi connectivity index (χ2n) is 1.36. The number of hydrogen-bond acceptors (Lipinski definition) is 3. The molecular formula is C5H13NO2. The highest BCUT2D eigenvalue weighted by atomic mass is 16.7. The van der Waals surface area contributed by atoms with E-state index in [9.17, 15) is 0 Å². The molecule has 0 saturated carbocycles. The molecule has 0 bridgehead atoms. The number of rotatable bonds is 4. The molecule has 0 spiro atoms. The smallest absolute Gasteiger partial charge is 0.119 e. The second-order valence-corrected chi connectivity index (χ2v) is 1.36. The minimum absolute atomic E-state index is 0.0235. The first kappa shape index (κ1) is 7.88. The summed E-state index contributed by atoms with van der Waals surface area (Å²) >= 11 is 0. The average Bonchev–Trinajstić information content (AvgIpc) is 1.83. The summed E-state index contributed by atoms with van der Waals surface area (Å²) in [6.45, 7) is 5.13. The number of hydroxylamine groups is 2. The molecule has 50 valence electrons. The molecule has 0 radical (unpaired) electrons. The van der Waals surface area contributed by atoms with Gasteiger partial charge in [-0.15, -0.1) is 0 Å². The van der Waals surface area contributed by atoms with E-state index in [2.05, 4.69) is 0 Å². The van der Waals surface area contributed by atoms with Gasteiger partial charge in [0.15, 0.2) is 0 Å². The third-order valence-corrected chi connectivity index (χ3v) is 0.822. The summed E-state index contributed by atoms with van der Waals surface area (Å²) in [6.07, 6.45) is 0. The highest BCUT2D eigenvalue weighted by molar-refractivity contribution is 4.25. The van der Waals surface area contributed by atoms with Gasteiger partial charge in [-0.05, 0) is 13.8 Å². The van der Waals surface area contributed by atoms with Crippen molar-refractivity contribution in [3.63, 3.8) is 0 Å². The molecular weight excluding hydrogens is 106 g/mol. The molecule has 1 N–H and O–H groups in total. The lowest BCUT2D eigenvalue weighted by Crippen LogP contribution is -2.24. The van der Waals surface area contributed by atoms with E-state index in [1.54, 1.807) is 0 Å². The molecule has 0 aliphatic rings. The lowest BCUT2D eigenvalue weighted by molar-refractivity contribution is -0.189. The zero-order chi connectivity index (χ0) is 6.41. The Bertz CT molecular complexity index is 45.7. The molecule has 8 heavy (non-hydrogen) atoms. The Balaban J connectivity index is 3.07. The first-order valence-corrected chi connectivity index (χ1v) is 2.83. The zero-order valence-electron chi connectivity index (χ0n) is 5.42. The fourth-order valence-electron chi connectivity index (χ4n) is 0.415. The van der Waals surface area contributed by atoms with Crippen LogP contribution in [0.3, 0.4) is 0 Å². The maximum atomic E-state index is 8.46. The Morgan fingerprint density at radius 1 is 1.50 bits per heavy atom. The Morgan fingerprint density at radius 3 is 2.25 bits per heavy atom. The van der Waals surface area contributed by atoms with Crippen molar-refractivity contribution < 1.29 is 9.94 Å². The van der Waals surface area contributed by atoms with Crippen molar-refractivity contribution >= 4 is 0 Å². The second kappa shape index (κ2) is 5.03. The Labute approximate surface area is 49.8 Å². The Kier molecular flexibility index (Phi) is 4.95. The maximum absolute atomic E-state index is 8.46. The molecule has 0 atom stereocenters. The van der Waals surface area contributed by atoms with Gasteiger partial charge in [-0.3, -0.25) is 4.84 Å². The van der Waals surface area contributed by atoms with Crippen LogP contribution in [0.15, 0.2) is 0 Å². The van der Waals surface area contributed by atoms with Crippen LogP contribution in [0, 0.1) is 0 Å². The van der Waals surface area contributed by atoms with Crippen molar-refractivity contribution in [1.29, 1.82) is 0 Å². The Hall–Kier alpha value is -0.120. The van der Waals surface area contributed by atoms with E-state index in [1.165, 1.54) is 5.06 Å². The predicted molar refractivity (Wildman–Crippen MR) is 31.1 cm³/mol. The standard InChI is InChI=1S/C5H13NO2/c1-3-6(5-7)8-4-2/h7H,3-5H2,1-2H3. The monoisotopic (exact) mass is 119 g/mol. The third-order valence-electron chi connectivity index (χ3n) is 0.822. The van der Waals surface area contributed by atoms with Gasteiger partial charge in [0.2, 0.25) is 0 Å². The van der Waals surface area contributed by atoms with Gasteiger partial charge in [-0.25, -0.2) is 0 Å². The summed E-state index contributed by atoms with van der Waals surface area (Å²) in [5.41, 5.74) is 0. The number of aliphatic hydroxyl groups excluding tert-OH is 1. The van der Waals surface area contributed by atoms with Crippen molar-refractivity contribution in [1.82, 2.24) is 5.06 Å². The fourth-order valence-corrected chi connectivity index (χ4v) is 0.415. The molecule has 0 aliphatic carbocycles. The number of nitrogens with zero attached hydrogens (tertiary/aromatic N) is 1. The molecule has 3 heteroatoms. The average molecular weight is 119 g/mol. The first-order chi connectivity index (χ1) is 3.85. The SMILES string of the molecule is CCON(CC)CO. The van der Waals surface area contributed by atoms with Gasteiger partial charge in [0, 0.05) is 6.54 Å². The fraction of sp³-hybridized carbons (Fsp3) is 1.00. The summed E-state index contributed by atoms with van der Waals surface area (Å²) in [4.78, 5) is 4.92. The minimum atomic E-state index is -0.0235. The highest BCUT2D eigenvalue weighted by Gasteiger charge is 1.94. The van der Waals surface area contributed by atoms with Gasteiger partial charge in [-0.1, -0.05) is 0 Å². The molecule has 0 aromatic carbocycles. The summed E-state index contributed by atoms with van der Waals surface area (Å²) < 4.78 is 0. The van der Waals surface area contributed by atoms with Crippen LogP contribution in [0.5, 0.6) is 0 Å². The van der Waals surface area contributed by atoms with E-state index in [4.69, 9.17) is 9.94 Å². The first-order valence-electron chi connectivity index (χ1n) is 2.83. The van der Waals surface area contributed by atoms with E-state index in [0.717, 1.165) is 6.54 Å². The number of aliphatic hydroxyl groups is 1. The van der Waals surface area contributed by atoms with Crippen LogP contribution in [0.2, 0.25) is 0 Å².